The molecule has 0 saturated heterocycles. The van der Waals surface area contributed by atoms with E-state index < -0.39 is 0 Å². The molecule has 0 fully saturated rings. The number of hydrogen-bond acceptors (Lipinski definition) is 0. The van der Waals surface area contributed by atoms with Gasteiger partial charge in [-0.25, -0.2) is 0 Å². The molecular formula is C20H28N+. The Morgan fingerprint density at radius 3 is 2.14 bits per heavy atom. The van der Waals surface area contributed by atoms with Crippen molar-refractivity contribution in [1.29, 1.82) is 0 Å². The normalized spacial score (nSPS) is 12.3. The summed E-state index contributed by atoms with van der Waals surface area (Å²) in [6, 6.07) is 13.6. The first-order valence-corrected chi connectivity index (χ1v) is 8.37. The van der Waals surface area contributed by atoms with Gasteiger partial charge in [0, 0.05) is 23.6 Å². The molecule has 1 unspecified atom stereocenters. The number of aryl methyl sites for hydroxylation is 2. The van der Waals surface area contributed by atoms with Crippen molar-refractivity contribution in [2.24, 2.45) is 0 Å². The summed E-state index contributed by atoms with van der Waals surface area (Å²) in [6.07, 6.45) is 10.6. The number of rotatable bonds is 7. The van der Waals surface area contributed by atoms with Gasteiger partial charge < -0.3 is 0 Å². The topological polar surface area (TPSA) is 3.88 Å². The van der Waals surface area contributed by atoms with Crippen LogP contribution in [0, 0.1) is 0 Å². The molecule has 1 heteroatoms. The third kappa shape index (κ3) is 3.93. The van der Waals surface area contributed by atoms with E-state index in [0.29, 0.717) is 6.04 Å². The van der Waals surface area contributed by atoms with Crippen LogP contribution in [0.4, 0.5) is 0 Å². The maximum atomic E-state index is 2.40. The van der Waals surface area contributed by atoms with Gasteiger partial charge in [0.1, 0.15) is 0 Å². The standard InChI is InChI=1S/C20H28N/c1-4-10-17-14-15-21(16-19(17)11-5-2)20(6-3)18-12-8-7-9-13-18/h7-9,12-16,20H,4-6,10-11H2,1-3H3/q+1. The molecule has 0 bridgehead atoms. The van der Waals surface area contributed by atoms with Crippen molar-refractivity contribution in [3.8, 4) is 0 Å². The molecule has 0 spiro atoms. The Labute approximate surface area is 129 Å². The molecule has 0 N–H and O–H groups in total. The van der Waals surface area contributed by atoms with Crippen LogP contribution in [0.3, 0.4) is 0 Å². The van der Waals surface area contributed by atoms with Gasteiger partial charge in [0.15, 0.2) is 18.4 Å². The van der Waals surface area contributed by atoms with Crippen LogP contribution >= 0.6 is 0 Å². The molecule has 1 nitrogen and oxygen atoms in total. The number of pyridine rings is 1. The monoisotopic (exact) mass is 282 g/mol. The fourth-order valence-electron chi connectivity index (χ4n) is 3.08. The van der Waals surface area contributed by atoms with Gasteiger partial charge >= 0.3 is 0 Å². The van der Waals surface area contributed by atoms with E-state index in [2.05, 4.69) is 74.1 Å². The molecule has 1 aromatic carbocycles. The summed E-state index contributed by atoms with van der Waals surface area (Å²) in [5, 5.41) is 0. The molecule has 112 valence electrons. The minimum absolute atomic E-state index is 0.442. The molecule has 2 aromatic rings. The molecule has 1 heterocycles. The second-order valence-electron chi connectivity index (χ2n) is 5.78. The van der Waals surface area contributed by atoms with Crippen LogP contribution in [0.1, 0.15) is 62.8 Å². The summed E-state index contributed by atoms with van der Waals surface area (Å²) in [6.45, 7) is 6.79. The summed E-state index contributed by atoms with van der Waals surface area (Å²) in [5.74, 6) is 0. The highest BCUT2D eigenvalue weighted by Gasteiger charge is 2.19. The SMILES string of the molecule is CCCc1cc[n+](C(CC)c2ccccc2)cc1CCC. The third-order valence-electron chi connectivity index (χ3n) is 4.13. The largest absolute Gasteiger partial charge is 0.198 e. The van der Waals surface area contributed by atoms with E-state index >= 15 is 0 Å². The van der Waals surface area contributed by atoms with E-state index in [4.69, 9.17) is 0 Å². The minimum atomic E-state index is 0.442. The van der Waals surface area contributed by atoms with E-state index in [0.717, 1.165) is 6.42 Å². The zero-order chi connectivity index (χ0) is 15.1. The van der Waals surface area contributed by atoms with Crippen LogP contribution in [-0.2, 0) is 12.8 Å². The lowest BCUT2D eigenvalue weighted by Gasteiger charge is -2.13. The number of aromatic nitrogens is 1. The fourth-order valence-corrected chi connectivity index (χ4v) is 3.08. The Morgan fingerprint density at radius 2 is 1.52 bits per heavy atom. The van der Waals surface area contributed by atoms with Crippen molar-refractivity contribution in [3.05, 3.63) is 65.5 Å². The molecule has 1 aromatic heterocycles. The van der Waals surface area contributed by atoms with Crippen LogP contribution in [-0.4, -0.2) is 0 Å². The molecule has 0 aliphatic heterocycles. The van der Waals surface area contributed by atoms with Gasteiger partial charge in [0.2, 0.25) is 0 Å². The lowest BCUT2D eigenvalue weighted by molar-refractivity contribution is -0.714. The lowest BCUT2D eigenvalue weighted by atomic mass is 10.00. The fraction of sp³-hybridized carbons (Fsp3) is 0.450. The smallest absolute Gasteiger partial charge is 0.183 e. The molecule has 0 aliphatic rings. The van der Waals surface area contributed by atoms with E-state index in [9.17, 15) is 0 Å². The highest BCUT2D eigenvalue weighted by atomic mass is 15.0. The van der Waals surface area contributed by atoms with Crippen LogP contribution in [0.25, 0.3) is 0 Å². The quantitative estimate of drug-likeness (QED) is 0.637. The molecule has 0 radical (unpaired) electrons. The number of hydrogen-bond donors (Lipinski definition) is 0. The predicted octanol–water partition coefficient (Wildman–Crippen LogP) is 4.88. The van der Waals surface area contributed by atoms with Gasteiger partial charge in [-0.2, -0.15) is 4.57 Å². The molecule has 1 atom stereocenters. The van der Waals surface area contributed by atoms with Gasteiger partial charge in [0.05, 0.1) is 0 Å². The lowest BCUT2D eigenvalue weighted by Crippen LogP contribution is -2.40. The molecular weight excluding hydrogens is 254 g/mol. The van der Waals surface area contributed by atoms with Crippen molar-refractivity contribution in [2.45, 2.75) is 58.9 Å². The van der Waals surface area contributed by atoms with Crippen molar-refractivity contribution in [1.82, 2.24) is 0 Å². The molecule has 0 amide bonds. The summed E-state index contributed by atoms with van der Waals surface area (Å²) in [4.78, 5) is 0. The van der Waals surface area contributed by atoms with Crippen LogP contribution < -0.4 is 4.57 Å². The maximum Gasteiger partial charge on any atom is 0.183 e. The average Bonchev–Trinajstić information content (AvgIpc) is 2.52. The predicted molar refractivity (Wildman–Crippen MR) is 89.5 cm³/mol. The maximum absolute atomic E-state index is 2.40. The average molecular weight is 282 g/mol. The van der Waals surface area contributed by atoms with Gasteiger partial charge in [-0.1, -0.05) is 63.9 Å². The van der Waals surface area contributed by atoms with Crippen molar-refractivity contribution in [3.63, 3.8) is 0 Å². The third-order valence-corrected chi connectivity index (χ3v) is 4.13. The Kier molecular flexibility index (Phi) is 5.98. The molecule has 0 saturated carbocycles. The summed E-state index contributed by atoms with van der Waals surface area (Å²) in [7, 11) is 0. The zero-order valence-corrected chi connectivity index (χ0v) is 13.7. The van der Waals surface area contributed by atoms with Gasteiger partial charge in [-0.15, -0.1) is 0 Å². The van der Waals surface area contributed by atoms with Gasteiger partial charge in [-0.05, 0) is 18.4 Å². The van der Waals surface area contributed by atoms with Crippen LogP contribution in [0.5, 0.6) is 0 Å². The summed E-state index contributed by atoms with van der Waals surface area (Å²) in [5.41, 5.74) is 4.45. The second kappa shape index (κ2) is 7.97. The molecule has 0 aliphatic carbocycles. The van der Waals surface area contributed by atoms with E-state index in [1.807, 2.05) is 0 Å². The Morgan fingerprint density at radius 1 is 0.857 bits per heavy atom. The highest BCUT2D eigenvalue weighted by Crippen LogP contribution is 2.18. The van der Waals surface area contributed by atoms with E-state index in [1.54, 1.807) is 0 Å². The molecule has 21 heavy (non-hydrogen) atoms. The number of benzene rings is 1. The Bertz CT molecular complexity index is 545. The second-order valence-corrected chi connectivity index (χ2v) is 5.78. The van der Waals surface area contributed by atoms with Crippen molar-refractivity contribution < 1.29 is 4.57 Å². The van der Waals surface area contributed by atoms with Gasteiger partial charge in [0.25, 0.3) is 0 Å². The first kappa shape index (κ1) is 15.8. The Balaban J connectivity index is 2.35. The Hall–Kier alpha value is -1.63. The first-order valence-electron chi connectivity index (χ1n) is 8.37. The van der Waals surface area contributed by atoms with Crippen LogP contribution in [0.2, 0.25) is 0 Å². The first-order chi connectivity index (χ1) is 10.3. The van der Waals surface area contributed by atoms with E-state index in [1.165, 1.54) is 42.4 Å². The van der Waals surface area contributed by atoms with Crippen molar-refractivity contribution in [2.75, 3.05) is 0 Å². The van der Waals surface area contributed by atoms with Gasteiger partial charge in [-0.3, -0.25) is 0 Å². The number of nitrogens with zero attached hydrogens (tertiary/aromatic N) is 1. The van der Waals surface area contributed by atoms with Crippen LogP contribution in [0.15, 0.2) is 48.8 Å². The molecule has 2 rings (SSSR count). The van der Waals surface area contributed by atoms with Crippen molar-refractivity contribution >= 4 is 0 Å². The summed E-state index contributed by atoms with van der Waals surface area (Å²) >= 11 is 0. The highest BCUT2D eigenvalue weighted by molar-refractivity contribution is 5.22. The van der Waals surface area contributed by atoms with E-state index in [-0.39, 0.29) is 0 Å². The zero-order valence-electron chi connectivity index (χ0n) is 13.7. The summed E-state index contributed by atoms with van der Waals surface area (Å²) < 4.78 is 2.40. The minimum Gasteiger partial charge on any atom is -0.198 e.